The van der Waals surface area contributed by atoms with E-state index in [4.69, 9.17) is 9.84 Å². The van der Waals surface area contributed by atoms with Gasteiger partial charge in [-0.15, -0.1) is 11.3 Å². The van der Waals surface area contributed by atoms with Crippen molar-refractivity contribution in [2.75, 3.05) is 0 Å². The SMILES string of the molecule is Cc1ncc(COc2cc(F)ccc2C(=O)O)s1. The lowest BCUT2D eigenvalue weighted by atomic mass is 10.2. The number of halogens is 1. The van der Waals surface area contributed by atoms with Gasteiger partial charge in [0.05, 0.1) is 9.88 Å². The molecule has 0 radical (unpaired) electrons. The minimum absolute atomic E-state index is 0.0218. The summed E-state index contributed by atoms with van der Waals surface area (Å²) < 4.78 is 18.4. The molecule has 4 nitrogen and oxygen atoms in total. The molecule has 0 amide bonds. The molecule has 0 atom stereocenters. The first-order valence-electron chi connectivity index (χ1n) is 5.13. The van der Waals surface area contributed by atoms with E-state index < -0.39 is 11.8 Å². The van der Waals surface area contributed by atoms with Gasteiger partial charge in [-0.2, -0.15) is 0 Å². The van der Waals surface area contributed by atoms with Crippen LogP contribution in [-0.4, -0.2) is 16.1 Å². The van der Waals surface area contributed by atoms with Crippen LogP contribution in [0.3, 0.4) is 0 Å². The van der Waals surface area contributed by atoms with Crippen molar-refractivity contribution in [3.05, 3.63) is 45.7 Å². The van der Waals surface area contributed by atoms with Gasteiger partial charge in [-0.3, -0.25) is 0 Å². The topological polar surface area (TPSA) is 59.4 Å². The maximum absolute atomic E-state index is 13.1. The standard InChI is InChI=1S/C12H10FNO3S/c1-7-14-5-9(18-7)6-17-11-4-8(13)2-3-10(11)12(15)16/h2-5H,6H2,1H3,(H,15,16). The second-order valence-electron chi connectivity index (χ2n) is 3.58. The molecule has 0 aliphatic carbocycles. The van der Waals surface area contributed by atoms with E-state index in [0.29, 0.717) is 0 Å². The van der Waals surface area contributed by atoms with Crippen molar-refractivity contribution >= 4 is 17.3 Å². The lowest BCUT2D eigenvalue weighted by molar-refractivity contribution is 0.0691. The van der Waals surface area contributed by atoms with Gasteiger partial charge in [0.25, 0.3) is 0 Å². The van der Waals surface area contributed by atoms with E-state index in [9.17, 15) is 9.18 Å². The Balaban J connectivity index is 2.17. The normalized spacial score (nSPS) is 10.3. The molecule has 18 heavy (non-hydrogen) atoms. The quantitative estimate of drug-likeness (QED) is 0.925. The average Bonchev–Trinajstić information content (AvgIpc) is 2.72. The van der Waals surface area contributed by atoms with Gasteiger partial charge in [-0.25, -0.2) is 14.2 Å². The number of benzene rings is 1. The van der Waals surface area contributed by atoms with Crippen LogP contribution in [0.1, 0.15) is 20.2 Å². The largest absolute Gasteiger partial charge is 0.487 e. The summed E-state index contributed by atoms with van der Waals surface area (Å²) in [6, 6.07) is 3.34. The van der Waals surface area contributed by atoms with Gasteiger partial charge in [-0.05, 0) is 19.1 Å². The van der Waals surface area contributed by atoms with E-state index >= 15 is 0 Å². The Morgan fingerprint density at radius 3 is 2.94 bits per heavy atom. The molecule has 0 saturated heterocycles. The molecule has 94 valence electrons. The molecule has 1 heterocycles. The zero-order valence-electron chi connectivity index (χ0n) is 9.51. The van der Waals surface area contributed by atoms with E-state index in [1.54, 1.807) is 6.20 Å². The van der Waals surface area contributed by atoms with Gasteiger partial charge in [-0.1, -0.05) is 0 Å². The summed E-state index contributed by atoms with van der Waals surface area (Å²) in [6.45, 7) is 2.04. The van der Waals surface area contributed by atoms with Gasteiger partial charge in [0.15, 0.2) is 0 Å². The third-order valence-electron chi connectivity index (χ3n) is 2.21. The zero-order valence-corrected chi connectivity index (χ0v) is 10.3. The van der Waals surface area contributed by atoms with Gasteiger partial charge in [0.2, 0.25) is 0 Å². The highest BCUT2D eigenvalue weighted by Crippen LogP contribution is 2.22. The fourth-order valence-corrected chi connectivity index (χ4v) is 2.12. The number of aromatic carboxylic acids is 1. The molecule has 1 N–H and O–H groups in total. The first-order valence-corrected chi connectivity index (χ1v) is 5.95. The summed E-state index contributed by atoms with van der Waals surface area (Å²) in [5.41, 5.74) is -0.0577. The summed E-state index contributed by atoms with van der Waals surface area (Å²) in [6.07, 6.45) is 1.65. The van der Waals surface area contributed by atoms with Crippen molar-refractivity contribution < 1.29 is 19.0 Å². The van der Waals surface area contributed by atoms with Crippen LogP contribution in [0.25, 0.3) is 0 Å². The maximum atomic E-state index is 13.1. The molecule has 2 aromatic rings. The first kappa shape index (κ1) is 12.5. The second-order valence-corrected chi connectivity index (χ2v) is 4.90. The van der Waals surface area contributed by atoms with Crippen molar-refractivity contribution in [2.24, 2.45) is 0 Å². The summed E-state index contributed by atoms with van der Waals surface area (Å²) in [4.78, 5) is 15.8. The Morgan fingerprint density at radius 1 is 1.56 bits per heavy atom. The average molecular weight is 267 g/mol. The Kier molecular flexibility index (Phi) is 3.57. The van der Waals surface area contributed by atoms with E-state index in [-0.39, 0.29) is 17.9 Å². The first-order chi connectivity index (χ1) is 8.56. The summed E-state index contributed by atoms with van der Waals surface area (Å²) in [5.74, 6) is -1.66. The Labute approximate surface area is 107 Å². The van der Waals surface area contributed by atoms with Crippen LogP contribution in [0, 0.1) is 12.7 Å². The van der Waals surface area contributed by atoms with E-state index in [0.717, 1.165) is 22.0 Å². The molecule has 0 spiro atoms. The predicted octanol–water partition coefficient (Wildman–Crippen LogP) is 2.87. The van der Waals surface area contributed by atoms with Crippen LogP contribution in [0.15, 0.2) is 24.4 Å². The number of ether oxygens (including phenoxy) is 1. The molecule has 0 aliphatic heterocycles. The number of aromatic nitrogens is 1. The molecule has 1 aromatic carbocycles. The summed E-state index contributed by atoms with van der Waals surface area (Å²) in [5, 5.41) is 9.84. The van der Waals surface area contributed by atoms with E-state index in [1.807, 2.05) is 6.92 Å². The molecule has 0 unspecified atom stereocenters. The lowest BCUT2D eigenvalue weighted by Gasteiger charge is -2.07. The number of carboxylic acids is 1. The van der Waals surface area contributed by atoms with Crippen LogP contribution >= 0.6 is 11.3 Å². The number of nitrogens with zero attached hydrogens (tertiary/aromatic N) is 1. The number of hydrogen-bond donors (Lipinski definition) is 1. The number of rotatable bonds is 4. The van der Waals surface area contributed by atoms with Crippen molar-refractivity contribution in [1.82, 2.24) is 4.98 Å². The summed E-state index contributed by atoms with van der Waals surface area (Å²) in [7, 11) is 0. The Bertz CT molecular complexity index is 582. The monoisotopic (exact) mass is 267 g/mol. The number of aryl methyl sites for hydroxylation is 1. The lowest BCUT2D eigenvalue weighted by Crippen LogP contribution is -2.03. The highest BCUT2D eigenvalue weighted by atomic mass is 32.1. The van der Waals surface area contributed by atoms with Gasteiger partial charge < -0.3 is 9.84 Å². The third-order valence-corrected chi connectivity index (χ3v) is 3.10. The van der Waals surface area contributed by atoms with Crippen molar-refractivity contribution in [2.45, 2.75) is 13.5 Å². The van der Waals surface area contributed by atoms with E-state index in [1.165, 1.54) is 17.4 Å². The van der Waals surface area contributed by atoms with E-state index in [2.05, 4.69) is 4.98 Å². The van der Waals surface area contributed by atoms with Gasteiger partial charge in [0, 0.05) is 12.3 Å². The minimum atomic E-state index is -1.15. The zero-order chi connectivity index (χ0) is 13.1. The predicted molar refractivity (Wildman–Crippen MR) is 64.5 cm³/mol. The Morgan fingerprint density at radius 2 is 2.33 bits per heavy atom. The highest BCUT2D eigenvalue weighted by Gasteiger charge is 2.12. The Hall–Kier alpha value is -1.95. The number of thiazole rings is 1. The van der Waals surface area contributed by atoms with Crippen molar-refractivity contribution in [3.8, 4) is 5.75 Å². The smallest absolute Gasteiger partial charge is 0.339 e. The van der Waals surface area contributed by atoms with Crippen LogP contribution in [0.4, 0.5) is 4.39 Å². The van der Waals surface area contributed by atoms with Crippen molar-refractivity contribution in [1.29, 1.82) is 0 Å². The van der Waals surface area contributed by atoms with Crippen molar-refractivity contribution in [3.63, 3.8) is 0 Å². The fraction of sp³-hybridized carbons (Fsp3) is 0.167. The third kappa shape index (κ3) is 2.84. The molecule has 0 fully saturated rings. The van der Waals surface area contributed by atoms with Crippen LogP contribution in [0.2, 0.25) is 0 Å². The second kappa shape index (κ2) is 5.14. The molecule has 1 aromatic heterocycles. The number of carbonyl (C=O) groups is 1. The van der Waals surface area contributed by atoms with Gasteiger partial charge in [0.1, 0.15) is 23.7 Å². The molecular weight excluding hydrogens is 257 g/mol. The maximum Gasteiger partial charge on any atom is 0.339 e. The molecule has 2 rings (SSSR count). The van der Waals surface area contributed by atoms with Crippen LogP contribution < -0.4 is 4.74 Å². The highest BCUT2D eigenvalue weighted by molar-refractivity contribution is 7.11. The molecule has 0 aliphatic rings. The molecule has 0 saturated carbocycles. The fourth-order valence-electron chi connectivity index (χ4n) is 1.41. The summed E-state index contributed by atoms with van der Waals surface area (Å²) >= 11 is 1.45. The molecular formula is C12H10FNO3S. The number of hydrogen-bond acceptors (Lipinski definition) is 4. The van der Waals surface area contributed by atoms with Gasteiger partial charge >= 0.3 is 5.97 Å². The van der Waals surface area contributed by atoms with Crippen LogP contribution in [-0.2, 0) is 6.61 Å². The molecule has 6 heteroatoms. The molecule has 0 bridgehead atoms. The number of carboxylic acid groups (broad SMARTS) is 1. The van der Waals surface area contributed by atoms with Crippen LogP contribution in [0.5, 0.6) is 5.75 Å². The minimum Gasteiger partial charge on any atom is -0.487 e.